The monoisotopic (exact) mass is 287 g/mol. The zero-order chi connectivity index (χ0) is 14.8. The van der Waals surface area contributed by atoms with E-state index in [1.165, 1.54) is 18.4 Å². The molecular formula is C17H25N3O. The molecule has 1 heterocycles. The molecule has 1 aliphatic carbocycles. The van der Waals surface area contributed by atoms with E-state index >= 15 is 0 Å². The van der Waals surface area contributed by atoms with Crippen molar-refractivity contribution >= 4 is 5.91 Å². The number of rotatable bonds is 5. The zero-order valence-corrected chi connectivity index (χ0v) is 12.8. The van der Waals surface area contributed by atoms with Crippen LogP contribution in [0, 0.1) is 11.8 Å². The highest BCUT2D eigenvalue weighted by molar-refractivity contribution is 5.82. The Morgan fingerprint density at radius 1 is 1.19 bits per heavy atom. The number of hydrogen-bond donors (Lipinski definition) is 3. The van der Waals surface area contributed by atoms with Crippen LogP contribution in [0.2, 0.25) is 0 Å². The van der Waals surface area contributed by atoms with Crippen LogP contribution in [0.5, 0.6) is 0 Å². The van der Waals surface area contributed by atoms with Crippen molar-refractivity contribution in [3.8, 4) is 0 Å². The summed E-state index contributed by atoms with van der Waals surface area (Å²) in [6, 6.07) is 10.6. The summed E-state index contributed by atoms with van der Waals surface area (Å²) < 4.78 is 0. The summed E-state index contributed by atoms with van der Waals surface area (Å²) in [6.45, 7) is 4.29. The Labute approximate surface area is 126 Å². The average Bonchev–Trinajstić information content (AvgIpc) is 3.22. The molecule has 1 saturated heterocycles. The fraction of sp³-hybridized carbons (Fsp3) is 0.588. The van der Waals surface area contributed by atoms with Crippen molar-refractivity contribution in [2.24, 2.45) is 11.8 Å². The molecule has 0 aromatic heterocycles. The van der Waals surface area contributed by atoms with Gasteiger partial charge in [0.05, 0.1) is 6.04 Å². The number of hydrazine groups is 1. The third-order valence-corrected chi connectivity index (χ3v) is 4.56. The molecule has 1 aromatic rings. The third-order valence-electron chi connectivity index (χ3n) is 4.56. The molecule has 1 saturated carbocycles. The van der Waals surface area contributed by atoms with E-state index in [0.29, 0.717) is 12.0 Å². The molecule has 1 aromatic carbocycles. The number of carbonyl (C=O) groups is 1. The Morgan fingerprint density at radius 2 is 1.90 bits per heavy atom. The normalized spacial score (nSPS) is 26.8. The van der Waals surface area contributed by atoms with Gasteiger partial charge in [-0.1, -0.05) is 44.2 Å². The van der Waals surface area contributed by atoms with Crippen molar-refractivity contribution in [2.45, 2.75) is 51.2 Å². The number of amides is 1. The van der Waals surface area contributed by atoms with E-state index in [4.69, 9.17) is 0 Å². The van der Waals surface area contributed by atoms with Crippen molar-refractivity contribution in [2.75, 3.05) is 0 Å². The lowest BCUT2D eigenvalue weighted by Crippen LogP contribution is -2.45. The Kier molecular flexibility index (Phi) is 4.27. The molecule has 1 aliphatic heterocycles. The molecule has 4 nitrogen and oxygen atoms in total. The lowest BCUT2D eigenvalue weighted by Gasteiger charge is -2.24. The van der Waals surface area contributed by atoms with Crippen molar-refractivity contribution in [3.63, 3.8) is 0 Å². The fourth-order valence-electron chi connectivity index (χ4n) is 3.11. The largest absolute Gasteiger partial charge is 0.348 e. The van der Waals surface area contributed by atoms with E-state index < -0.39 is 0 Å². The molecule has 2 fully saturated rings. The second-order valence-electron chi connectivity index (χ2n) is 6.66. The van der Waals surface area contributed by atoms with Gasteiger partial charge in [-0.3, -0.25) is 10.2 Å². The van der Waals surface area contributed by atoms with Gasteiger partial charge in [0.15, 0.2) is 0 Å². The summed E-state index contributed by atoms with van der Waals surface area (Å²) in [5.41, 5.74) is 7.61. The van der Waals surface area contributed by atoms with E-state index in [9.17, 15) is 4.79 Å². The Morgan fingerprint density at radius 3 is 2.52 bits per heavy atom. The fourth-order valence-corrected chi connectivity index (χ4v) is 3.11. The maximum atomic E-state index is 12.5. The van der Waals surface area contributed by atoms with Crippen LogP contribution >= 0.6 is 0 Å². The Hall–Kier alpha value is -1.39. The van der Waals surface area contributed by atoms with Gasteiger partial charge in [0.25, 0.3) is 0 Å². The van der Waals surface area contributed by atoms with Gasteiger partial charge in [-0.05, 0) is 36.7 Å². The quantitative estimate of drug-likeness (QED) is 0.778. The summed E-state index contributed by atoms with van der Waals surface area (Å²) in [6.07, 6.45) is 3.49. The van der Waals surface area contributed by atoms with E-state index in [1.54, 1.807) is 0 Å². The topological polar surface area (TPSA) is 53.2 Å². The SMILES string of the molecule is CC(C)C(NC(=O)C1CC(C2CC2)NN1)c1ccccc1. The van der Waals surface area contributed by atoms with E-state index in [-0.39, 0.29) is 18.0 Å². The summed E-state index contributed by atoms with van der Waals surface area (Å²) in [5.74, 6) is 1.24. The minimum atomic E-state index is -0.111. The maximum absolute atomic E-state index is 12.5. The van der Waals surface area contributed by atoms with Crippen LogP contribution in [0.15, 0.2) is 30.3 Å². The van der Waals surface area contributed by atoms with Crippen molar-refractivity contribution < 1.29 is 4.79 Å². The lowest BCUT2D eigenvalue weighted by molar-refractivity contribution is -0.124. The molecule has 3 unspecified atom stereocenters. The van der Waals surface area contributed by atoms with Gasteiger partial charge in [0.2, 0.25) is 5.91 Å². The second-order valence-corrected chi connectivity index (χ2v) is 6.66. The van der Waals surface area contributed by atoms with Crippen LogP contribution in [0.25, 0.3) is 0 Å². The molecular weight excluding hydrogens is 262 g/mol. The van der Waals surface area contributed by atoms with Crippen LogP contribution in [0.1, 0.15) is 44.7 Å². The van der Waals surface area contributed by atoms with Crippen LogP contribution in [-0.2, 0) is 4.79 Å². The molecule has 3 N–H and O–H groups in total. The van der Waals surface area contributed by atoms with Gasteiger partial charge in [0, 0.05) is 6.04 Å². The number of nitrogens with one attached hydrogen (secondary N) is 3. The molecule has 3 atom stereocenters. The highest BCUT2D eigenvalue weighted by Crippen LogP contribution is 2.35. The van der Waals surface area contributed by atoms with Gasteiger partial charge >= 0.3 is 0 Å². The smallest absolute Gasteiger partial charge is 0.239 e. The second kappa shape index (κ2) is 6.16. The Balaban J connectivity index is 1.62. The predicted octanol–water partition coefficient (Wildman–Crippen LogP) is 2.14. The first-order chi connectivity index (χ1) is 10.1. The summed E-state index contributed by atoms with van der Waals surface area (Å²) in [4.78, 5) is 12.5. The van der Waals surface area contributed by atoms with E-state index in [1.807, 2.05) is 18.2 Å². The first-order valence-electron chi connectivity index (χ1n) is 8.01. The predicted molar refractivity (Wildman–Crippen MR) is 83.4 cm³/mol. The lowest BCUT2D eigenvalue weighted by atomic mass is 9.95. The molecule has 0 radical (unpaired) electrons. The molecule has 0 bridgehead atoms. The van der Waals surface area contributed by atoms with Crippen LogP contribution in [0.4, 0.5) is 0 Å². The van der Waals surface area contributed by atoms with Crippen molar-refractivity contribution in [1.82, 2.24) is 16.2 Å². The van der Waals surface area contributed by atoms with Crippen LogP contribution in [-0.4, -0.2) is 18.0 Å². The minimum Gasteiger partial charge on any atom is -0.348 e. The molecule has 4 heteroatoms. The molecule has 3 rings (SSSR count). The first-order valence-corrected chi connectivity index (χ1v) is 8.01. The average molecular weight is 287 g/mol. The maximum Gasteiger partial charge on any atom is 0.239 e. The van der Waals surface area contributed by atoms with E-state index in [0.717, 1.165) is 12.3 Å². The van der Waals surface area contributed by atoms with Gasteiger partial charge in [-0.2, -0.15) is 0 Å². The van der Waals surface area contributed by atoms with Gasteiger partial charge in [-0.25, -0.2) is 5.43 Å². The third kappa shape index (κ3) is 3.44. The van der Waals surface area contributed by atoms with Gasteiger partial charge in [0.1, 0.15) is 6.04 Å². The molecule has 2 aliphatic rings. The van der Waals surface area contributed by atoms with Crippen molar-refractivity contribution in [3.05, 3.63) is 35.9 Å². The minimum absolute atomic E-state index is 0.0699. The summed E-state index contributed by atoms with van der Waals surface area (Å²) in [5, 5.41) is 3.21. The van der Waals surface area contributed by atoms with Gasteiger partial charge < -0.3 is 5.32 Å². The number of hydrogen-bond acceptors (Lipinski definition) is 3. The molecule has 1 amide bonds. The Bertz CT molecular complexity index is 484. The van der Waals surface area contributed by atoms with Crippen molar-refractivity contribution in [1.29, 1.82) is 0 Å². The highest BCUT2D eigenvalue weighted by atomic mass is 16.2. The summed E-state index contributed by atoms with van der Waals surface area (Å²) >= 11 is 0. The van der Waals surface area contributed by atoms with E-state index in [2.05, 4.69) is 42.1 Å². The molecule has 114 valence electrons. The standard InChI is InChI=1S/C17H25N3O/c1-11(2)16(13-6-4-3-5-7-13)18-17(21)15-10-14(19-20-15)12-8-9-12/h3-7,11-12,14-16,19-20H,8-10H2,1-2H3,(H,18,21). The zero-order valence-electron chi connectivity index (χ0n) is 12.8. The summed E-state index contributed by atoms with van der Waals surface area (Å²) in [7, 11) is 0. The van der Waals surface area contributed by atoms with Crippen LogP contribution < -0.4 is 16.2 Å². The highest BCUT2D eigenvalue weighted by Gasteiger charge is 2.39. The molecule has 21 heavy (non-hydrogen) atoms. The van der Waals surface area contributed by atoms with Crippen LogP contribution in [0.3, 0.4) is 0 Å². The first kappa shape index (κ1) is 14.5. The molecule has 0 spiro atoms. The number of benzene rings is 1. The number of carbonyl (C=O) groups excluding carboxylic acids is 1. The van der Waals surface area contributed by atoms with Gasteiger partial charge in [-0.15, -0.1) is 0 Å².